The van der Waals surface area contributed by atoms with Crippen LogP contribution in [0.4, 0.5) is 0 Å². The molecule has 0 heterocycles. The highest BCUT2D eigenvalue weighted by Gasteiger charge is 1.96. The molecule has 0 nitrogen and oxygen atoms in total. The predicted octanol–water partition coefficient (Wildman–Crippen LogP) is 15.2. The van der Waals surface area contributed by atoms with Crippen LogP contribution in [0.5, 0.6) is 0 Å². The molecule has 0 aliphatic heterocycles. The van der Waals surface area contributed by atoms with E-state index in [2.05, 4.69) is 230 Å². The van der Waals surface area contributed by atoms with Gasteiger partial charge in [-0.05, 0) is 95.5 Å². The summed E-state index contributed by atoms with van der Waals surface area (Å²) in [5.41, 5.74) is 10.7. The average molecular weight is 693 g/mol. The molecule has 0 atom stereocenters. The fourth-order valence-electron chi connectivity index (χ4n) is 5.91. The van der Waals surface area contributed by atoms with Crippen LogP contribution in [0.15, 0.2) is 194 Å². The Morgan fingerprint density at radius 2 is 0.679 bits per heavy atom. The number of benzene rings is 8. The lowest BCUT2D eigenvalue weighted by molar-refractivity contribution is 0.922. The summed E-state index contributed by atoms with van der Waals surface area (Å²) in [5, 5.41) is 5.37. The molecule has 0 unspecified atom stereocenters. The number of aryl methyl sites for hydroxylation is 6. The molecule has 0 spiro atoms. The van der Waals surface area contributed by atoms with E-state index in [1.54, 1.807) is 0 Å². The molecule has 0 heteroatoms. The van der Waals surface area contributed by atoms with Gasteiger partial charge in [0.1, 0.15) is 0 Å². The number of hydrogen-bond donors (Lipinski definition) is 0. The summed E-state index contributed by atoms with van der Waals surface area (Å²) >= 11 is 0. The van der Waals surface area contributed by atoms with Gasteiger partial charge in [0.25, 0.3) is 0 Å². The predicted molar refractivity (Wildman–Crippen MR) is 235 cm³/mol. The SMILES string of the molecule is CCCc1ccccc1.CCc1ccccc1.Cc1ccc(-c2ccc(C)cc2)cc1.Cc1cccc2ccccc12.Cc1cccc2ccccc12. The van der Waals surface area contributed by atoms with Gasteiger partial charge in [-0.2, -0.15) is 0 Å². The van der Waals surface area contributed by atoms with Crippen LogP contribution in [0, 0.1) is 27.7 Å². The molecule has 0 saturated heterocycles. The van der Waals surface area contributed by atoms with Gasteiger partial charge in [0.2, 0.25) is 0 Å². The monoisotopic (exact) mass is 692 g/mol. The van der Waals surface area contributed by atoms with Crippen LogP contribution >= 0.6 is 0 Å². The molecule has 0 amide bonds. The van der Waals surface area contributed by atoms with Crippen LogP contribution in [0.25, 0.3) is 32.7 Å². The molecule has 8 rings (SSSR count). The van der Waals surface area contributed by atoms with E-state index >= 15 is 0 Å². The summed E-state index contributed by atoms with van der Waals surface area (Å²) in [6, 6.07) is 67.9. The third kappa shape index (κ3) is 13.7. The van der Waals surface area contributed by atoms with Gasteiger partial charge in [-0.3, -0.25) is 0 Å². The zero-order valence-electron chi connectivity index (χ0n) is 32.6. The quantitative estimate of drug-likeness (QED) is 0.172. The molecule has 0 N–H and O–H groups in total. The topological polar surface area (TPSA) is 0 Å². The minimum absolute atomic E-state index is 1.14. The minimum atomic E-state index is 1.14. The van der Waals surface area contributed by atoms with Crippen LogP contribution in [-0.2, 0) is 12.8 Å². The molecule has 0 radical (unpaired) electrons. The van der Waals surface area contributed by atoms with Crippen molar-refractivity contribution in [3.8, 4) is 11.1 Å². The smallest absolute Gasteiger partial charge is 0.0155 e. The van der Waals surface area contributed by atoms with Gasteiger partial charge < -0.3 is 0 Å². The molecule has 268 valence electrons. The summed E-state index contributed by atoms with van der Waals surface area (Å²) in [5.74, 6) is 0. The van der Waals surface area contributed by atoms with Crippen molar-refractivity contribution in [3.63, 3.8) is 0 Å². The highest BCUT2D eigenvalue weighted by atomic mass is 14.0. The maximum Gasteiger partial charge on any atom is -0.0155 e. The second-order valence-corrected chi connectivity index (χ2v) is 13.4. The van der Waals surface area contributed by atoms with E-state index in [9.17, 15) is 0 Å². The van der Waals surface area contributed by atoms with Gasteiger partial charge in [0.15, 0.2) is 0 Å². The molecular formula is C53H56. The van der Waals surface area contributed by atoms with E-state index in [4.69, 9.17) is 0 Å². The molecule has 53 heavy (non-hydrogen) atoms. The summed E-state index contributed by atoms with van der Waals surface area (Å²) in [4.78, 5) is 0. The first-order valence-electron chi connectivity index (χ1n) is 19.0. The fourth-order valence-corrected chi connectivity index (χ4v) is 5.91. The molecular weight excluding hydrogens is 637 g/mol. The summed E-state index contributed by atoms with van der Waals surface area (Å²) in [6.07, 6.45) is 3.59. The second kappa shape index (κ2) is 22.3. The van der Waals surface area contributed by atoms with E-state index in [0.717, 1.165) is 6.42 Å². The van der Waals surface area contributed by atoms with Crippen LogP contribution in [0.1, 0.15) is 53.6 Å². The molecule has 0 fully saturated rings. The number of hydrogen-bond acceptors (Lipinski definition) is 0. The fraction of sp³-hybridized carbons (Fsp3) is 0.170. The lowest BCUT2D eigenvalue weighted by atomic mass is 10.0. The third-order valence-electron chi connectivity index (χ3n) is 9.08. The number of rotatable bonds is 4. The normalized spacial score (nSPS) is 9.92. The van der Waals surface area contributed by atoms with E-state index in [1.165, 1.54) is 78.9 Å². The molecule has 0 aliphatic carbocycles. The van der Waals surface area contributed by atoms with Crippen LogP contribution in [0.3, 0.4) is 0 Å². The summed E-state index contributed by atoms with van der Waals surface area (Å²) in [6.45, 7) is 12.9. The van der Waals surface area contributed by atoms with Crippen molar-refractivity contribution in [2.75, 3.05) is 0 Å². The Morgan fingerprint density at radius 1 is 0.321 bits per heavy atom. The van der Waals surface area contributed by atoms with Crippen molar-refractivity contribution in [1.82, 2.24) is 0 Å². The largest absolute Gasteiger partial charge is 0.0651 e. The molecule has 0 aliphatic rings. The van der Waals surface area contributed by atoms with Crippen LogP contribution in [-0.4, -0.2) is 0 Å². The Balaban J connectivity index is 0.000000150. The molecule has 8 aromatic rings. The lowest BCUT2D eigenvalue weighted by Gasteiger charge is -2.02. The van der Waals surface area contributed by atoms with Crippen molar-refractivity contribution in [2.24, 2.45) is 0 Å². The first-order valence-corrected chi connectivity index (χ1v) is 19.0. The van der Waals surface area contributed by atoms with Gasteiger partial charge in [0, 0.05) is 0 Å². The maximum atomic E-state index is 2.20. The number of fused-ring (bicyclic) bond motifs is 2. The van der Waals surface area contributed by atoms with Gasteiger partial charge in [-0.15, -0.1) is 0 Å². The Labute approximate surface area is 319 Å². The third-order valence-corrected chi connectivity index (χ3v) is 9.08. The second-order valence-electron chi connectivity index (χ2n) is 13.4. The van der Waals surface area contributed by atoms with Crippen molar-refractivity contribution in [3.05, 3.63) is 228 Å². The Bertz CT molecular complexity index is 2040. The highest BCUT2D eigenvalue weighted by molar-refractivity contribution is 5.86. The molecule has 0 saturated carbocycles. The lowest BCUT2D eigenvalue weighted by Crippen LogP contribution is -1.78. The summed E-state index contributed by atoms with van der Waals surface area (Å²) < 4.78 is 0. The average Bonchev–Trinajstić information content (AvgIpc) is 3.21. The standard InChI is InChI=1S/C14H14.2C11H10.C9H12.C8H10/c1-11-3-7-13(8-4-11)14-9-5-12(2)6-10-14;2*1-9-5-4-7-10-6-2-3-8-11(9)10;1-2-6-9-7-4-3-5-8-9;1-2-8-6-4-3-5-7-8/h3-10H,1-2H3;2*2-8H,1H3;3-5,7-8H,2,6H2,1H3;3-7H,2H2,1H3. The van der Waals surface area contributed by atoms with E-state index < -0.39 is 0 Å². The summed E-state index contributed by atoms with van der Waals surface area (Å²) in [7, 11) is 0. The van der Waals surface area contributed by atoms with Crippen LogP contribution in [0.2, 0.25) is 0 Å². The van der Waals surface area contributed by atoms with Crippen molar-refractivity contribution >= 4 is 21.5 Å². The van der Waals surface area contributed by atoms with E-state index in [-0.39, 0.29) is 0 Å². The van der Waals surface area contributed by atoms with Crippen molar-refractivity contribution < 1.29 is 0 Å². The first-order chi connectivity index (χ1) is 25.9. The Morgan fingerprint density at radius 3 is 1.04 bits per heavy atom. The maximum absolute atomic E-state index is 2.20. The van der Waals surface area contributed by atoms with Crippen molar-refractivity contribution in [1.29, 1.82) is 0 Å². The van der Waals surface area contributed by atoms with Crippen molar-refractivity contribution in [2.45, 2.75) is 60.8 Å². The molecule has 0 bridgehead atoms. The highest BCUT2D eigenvalue weighted by Crippen LogP contribution is 2.20. The minimum Gasteiger partial charge on any atom is -0.0651 e. The first kappa shape index (κ1) is 40.1. The Kier molecular flexibility index (Phi) is 16.8. The van der Waals surface area contributed by atoms with Gasteiger partial charge >= 0.3 is 0 Å². The van der Waals surface area contributed by atoms with E-state index in [1.807, 2.05) is 6.07 Å². The van der Waals surface area contributed by atoms with Gasteiger partial charge in [0.05, 0.1) is 0 Å². The Hall–Kier alpha value is -5.72. The zero-order valence-corrected chi connectivity index (χ0v) is 32.6. The van der Waals surface area contributed by atoms with Gasteiger partial charge in [-0.25, -0.2) is 0 Å². The zero-order chi connectivity index (χ0) is 37.7. The van der Waals surface area contributed by atoms with E-state index in [0.29, 0.717) is 0 Å². The molecule has 0 aromatic heterocycles. The van der Waals surface area contributed by atoms with Crippen LogP contribution < -0.4 is 0 Å². The molecule has 8 aromatic carbocycles. The van der Waals surface area contributed by atoms with Gasteiger partial charge in [-0.1, -0.05) is 226 Å².